The molecule has 29 atom stereocenters. The van der Waals surface area contributed by atoms with Crippen molar-refractivity contribution in [2.45, 2.75) is 235 Å². The van der Waals surface area contributed by atoms with Crippen LogP contribution in [0.2, 0.25) is 0 Å². The molecule has 0 spiro atoms. The molecule has 0 bridgehead atoms. The van der Waals surface area contributed by atoms with Gasteiger partial charge in [0.25, 0.3) is 0 Å². The quantitative estimate of drug-likeness (QED) is 0.0564. The number of aliphatic hydroxyl groups is 14. The molecule has 1 aromatic carbocycles. The molecule has 5 aliphatic carbocycles. The molecule has 0 aromatic heterocycles. The Kier molecular flexibility index (Phi) is 19.1. The number of anilines is 1. The van der Waals surface area contributed by atoms with E-state index in [1.54, 1.807) is 31.3 Å². The normalized spacial score (nSPS) is 49.9. The number of hydrogen-bond acceptors (Lipinski definition) is 25. The minimum Gasteiger partial charge on any atom is -0.453 e. The van der Waals surface area contributed by atoms with E-state index in [-0.39, 0.29) is 53.8 Å². The maximum Gasteiger partial charge on any atom is 0.340 e. The Bertz CT molecular complexity index is 2560. The Labute approximate surface area is 501 Å². The molecule has 0 radical (unpaired) electrons. The van der Waals surface area contributed by atoms with Gasteiger partial charge in [-0.05, 0) is 108 Å². The lowest BCUT2D eigenvalue weighted by atomic mass is 9.33. The molecule has 488 valence electrons. The summed E-state index contributed by atoms with van der Waals surface area (Å²) in [6.07, 6.45) is -25.0. The molecule has 4 saturated carbocycles. The van der Waals surface area contributed by atoms with E-state index < -0.39 is 182 Å². The third-order valence-corrected chi connectivity index (χ3v) is 23.0. The summed E-state index contributed by atoms with van der Waals surface area (Å²) in [6.45, 7) is 12.9. The molecular weight excluding hydrogens is 1130 g/mol. The number of hydrogen-bond donors (Lipinski definition) is 15. The van der Waals surface area contributed by atoms with Crippen molar-refractivity contribution in [1.29, 1.82) is 0 Å². The van der Waals surface area contributed by atoms with Crippen LogP contribution in [0.1, 0.15) is 110 Å². The predicted octanol–water partition coefficient (Wildman–Crippen LogP) is -1.07. The summed E-state index contributed by atoms with van der Waals surface area (Å²) in [7, 11) is 1.64. The number of esters is 1. The molecule has 0 amide bonds. The molecule has 8 fully saturated rings. The molecule has 25 heteroatoms. The molecule has 86 heavy (non-hydrogen) atoms. The smallest absolute Gasteiger partial charge is 0.340 e. The zero-order valence-electron chi connectivity index (χ0n) is 50.4. The number of para-hydroxylation sites is 1. The first-order valence-electron chi connectivity index (χ1n) is 30.6. The molecule has 10 rings (SSSR count). The first kappa shape index (κ1) is 66.3. The summed E-state index contributed by atoms with van der Waals surface area (Å²) in [4.78, 5) is 13.5. The summed E-state index contributed by atoms with van der Waals surface area (Å²) in [6, 6.07) is 6.62. The van der Waals surface area contributed by atoms with E-state index in [4.69, 9.17) is 42.6 Å². The Balaban J connectivity index is 0.810. The van der Waals surface area contributed by atoms with Crippen LogP contribution in [0, 0.1) is 50.2 Å². The van der Waals surface area contributed by atoms with Gasteiger partial charge in [-0.2, -0.15) is 0 Å². The number of carbonyl (C=O) groups excluding carboxylic acids is 1. The SMILES string of the molecule is CNc1ccccc1C(=O)OC1C(O)C(CO)OC(OC2CC3(CO)C(O)CC4(C)C(=CCC5C6(C)CCC(OC7OC(COC8OC(COC9OCC(O)C(O)C9O)C(O)C(O)C8O)C(O)C(O)C7O)C(C)(C)C6CCC54C)C3CC2(C)C)C1O. The Morgan fingerprint density at radius 2 is 1.22 bits per heavy atom. The third-order valence-electron chi connectivity index (χ3n) is 23.0. The van der Waals surface area contributed by atoms with E-state index >= 15 is 0 Å². The molecule has 29 unspecified atom stereocenters. The van der Waals surface area contributed by atoms with Gasteiger partial charge in [-0.15, -0.1) is 0 Å². The first-order valence-corrected chi connectivity index (χ1v) is 30.6. The summed E-state index contributed by atoms with van der Waals surface area (Å²) >= 11 is 0. The maximum atomic E-state index is 13.5. The predicted molar refractivity (Wildman–Crippen MR) is 299 cm³/mol. The number of carbonyl (C=O) groups is 1. The van der Waals surface area contributed by atoms with E-state index in [1.165, 1.54) is 5.57 Å². The third kappa shape index (κ3) is 11.1. The molecule has 4 aliphatic heterocycles. The highest BCUT2D eigenvalue weighted by molar-refractivity contribution is 5.95. The van der Waals surface area contributed by atoms with E-state index in [2.05, 4.69) is 46.0 Å². The Morgan fingerprint density at radius 1 is 0.628 bits per heavy atom. The van der Waals surface area contributed by atoms with Crippen molar-refractivity contribution in [3.8, 4) is 0 Å². The van der Waals surface area contributed by atoms with Gasteiger partial charge in [-0.25, -0.2) is 4.79 Å². The van der Waals surface area contributed by atoms with Crippen LogP contribution < -0.4 is 5.32 Å². The van der Waals surface area contributed by atoms with E-state index in [9.17, 15) is 76.3 Å². The van der Waals surface area contributed by atoms with Gasteiger partial charge < -0.3 is 119 Å². The summed E-state index contributed by atoms with van der Waals surface area (Å²) in [5, 5.41) is 157. The first-order chi connectivity index (χ1) is 40.4. The van der Waals surface area contributed by atoms with Crippen molar-refractivity contribution in [1.82, 2.24) is 0 Å². The summed E-state index contributed by atoms with van der Waals surface area (Å²) < 4.78 is 53.7. The van der Waals surface area contributed by atoms with E-state index in [0.717, 1.165) is 25.7 Å². The van der Waals surface area contributed by atoms with Crippen LogP contribution in [0.25, 0.3) is 0 Å². The van der Waals surface area contributed by atoms with Crippen LogP contribution in [-0.4, -0.2) is 253 Å². The van der Waals surface area contributed by atoms with Gasteiger partial charge in [0, 0.05) is 18.2 Å². The minimum absolute atomic E-state index is 0.0849. The topological polar surface area (TPSA) is 395 Å². The average Bonchev–Trinajstić information content (AvgIpc) is 0.683. The maximum absolute atomic E-state index is 13.5. The summed E-state index contributed by atoms with van der Waals surface area (Å²) in [5.74, 6) is -0.851. The van der Waals surface area contributed by atoms with Crippen molar-refractivity contribution < 1.29 is 119 Å². The van der Waals surface area contributed by atoms with Crippen molar-refractivity contribution in [2.75, 3.05) is 45.4 Å². The molecule has 15 N–H and O–H groups in total. The van der Waals surface area contributed by atoms with Gasteiger partial charge in [-0.3, -0.25) is 0 Å². The number of allylic oxidation sites excluding steroid dienone is 2. The highest BCUT2D eigenvalue weighted by Crippen LogP contribution is 2.76. The van der Waals surface area contributed by atoms with E-state index in [0.29, 0.717) is 24.9 Å². The standard InChI is InChI=1S/C61H95NO24/c1-56(2)19-29-28-13-14-36-58(5)17-16-38(84-54-48(75)45(72)42(69)34(83-54)25-80-53-47(74)44(71)41(68)33(82-53)24-79-52-46(73)40(67)31(65)23-78-52)57(3,4)35(58)15-18-59(36,6)60(28,7)20-37(66)61(29,26-64)21-39(56)85-55-49(76)50(43(70)32(22-63)81-55)86-51(77)27-11-9-10-12-30(27)62-8/h9-13,29,31-50,52-55,62-76H,14-26H2,1-8H3. The van der Waals surface area contributed by atoms with Crippen LogP contribution in [0.5, 0.6) is 0 Å². The van der Waals surface area contributed by atoms with Crippen LogP contribution in [0.4, 0.5) is 5.69 Å². The van der Waals surface area contributed by atoms with Gasteiger partial charge >= 0.3 is 5.97 Å². The lowest BCUT2D eigenvalue weighted by Crippen LogP contribution is -2.68. The molecule has 4 heterocycles. The number of fused-ring (bicyclic) bond motifs is 7. The van der Waals surface area contributed by atoms with Gasteiger partial charge in [-0.1, -0.05) is 72.2 Å². The number of ether oxygens (including phenoxy) is 9. The van der Waals surface area contributed by atoms with Crippen molar-refractivity contribution >= 4 is 11.7 Å². The summed E-state index contributed by atoms with van der Waals surface area (Å²) in [5.41, 5.74) is -1.47. The number of nitrogens with one attached hydrogen (secondary N) is 1. The highest BCUT2D eigenvalue weighted by Gasteiger charge is 2.71. The molecule has 1 aromatic rings. The average molecular weight is 1230 g/mol. The molecular formula is C61H95NO24. The van der Waals surface area contributed by atoms with Crippen LogP contribution in [0.15, 0.2) is 35.9 Å². The zero-order chi connectivity index (χ0) is 62.5. The second kappa shape index (κ2) is 24.8. The highest BCUT2D eigenvalue weighted by atomic mass is 16.7. The van der Waals surface area contributed by atoms with E-state index in [1.807, 2.05) is 13.8 Å². The molecule has 9 aliphatic rings. The fourth-order valence-electron chi connectivity index (χ4n) is 17.5. The lowest BCUT2D eigenvalue weighted by molar-refractivity contribution is -0.348. The zero-order valence-corrected chi connectivity index (χ0v) is 50.4. The molecule has 4 saturated heterocycles. The lowest BCUT2D eigenvalue weighted by Gasteiger charge is -2.72. The van der Waals surface area contributed by atoms with Crippen LogP contribution >= 0.6 is 0 Å². The Morgan fingerprint density at radius 3 is 1.87 bits per heavy atom. The Hall–Kier alpha value is -2.65. The minimum atomic E-state index is -1.82. The number of benzene rings is 1. The molecule has 25 nitrogen and oxygen atoms in total. The van der Waals surface area contributed by atoms with Gasteiger partial charge in [0.2, 0.25) is 0 Å². The van der Waals surface area contributed by atoms with Crippen LogP contribution in [0.3, 0.4) is 0 Å². The van der Waals surface area contributed by atoms with Gasteiger partial charge in [0.05, 0.1) is 56.9 Å². The van der Waals surface area contributed by atoms with Crippen LogP contribution in [-0.2, 0) is 42.6 Å². The van der Waals surface area contributed by atoms with Gasteiger partial charge in [0.1, 0.15) is 85.5 Å². The second-order valence-electron chi connectivity index (χ2n) is 28.3. The number of rotatable bonds is 15. The fraction of sp³-hybridized carbons (Fsp3) is 0.852. The largest absolute Gasteiger partial charge is 0.453 e. The number of aliphatic hydroxyl groups excluding tert-OH is 14. The monoisotopic (exact) mass is 1230 g/mol. The fourth-order valence-corrected chi connectivity index (χ4v) is 17.5. The second-order valence-corrected chi connectivity index (χ2v) is 28.3. The van der Waals surface area contributed by atoms with Crippen molar-refractivity contribution in [3.05, 3.63) is 41.5 Å². The van der Waals surface area contributed by atoms with Crippen molar-refractivity contribution in [3.63, 3.8) is 0 Å². The van der Waals surface area contributed by atoms with Crippen molar-refractivity contribution in [2.24, 2.45) is 50.2 Å². The van der Waals surface area contributed by atoms with Gasteiger partial charge in [0.15, 0.2) is 31.3 Å².